The average molecular weight is 264 g/mol. The third-order valence-corrected chi connectivity index (χ3v) is 4.31. The van der Waals surface area contributed by atoms with Gasteiger partial charge in [-0.1, -0.05) is 32.4 Å². The second kappa shape index (κ2) is 6.51. The highest BCUT2D eigenvalue weighted by atomic mass is 15.4. The first kappa shape index (κ1) is 14.5. The summed E-state index contributed by atoms with van der Waals surface area (Å²) >= 11 is 0. The zero-order valence-corrected chi connectivity index (χ0v) is 12.8. The molecule has 19 heavy (non-hydrogen) atoms. The van der Waals surface area contributed by atoms with Crippen LogP contribution in [0.1, 0.15) is 45.7 Å². The molecule has 0 aromatic carbocycles. The van der Waals surface area contributed by atoms with Gasteiger partial charge in [-0.15, -0.1) is 5.10 Å². The Balaban J connectivity index is 1.95. The van der Waals surface area contributed by atoms with Crippen LogP contribution < -0.4 is 5.32 Å². The summed E-state index contributed by atoms with van der Waals surface area (Å²) in [5.41, 5.74) is 1.15. The van der Waals surface area contributed by atoms with Gasteiger partial charge in [0.25, 0.3) is 0 Å². The Labute approximate surface area is 117 Å². The molecule has 3 atom stereocenters. The molecule has 108 valence electrons. The van der Waals surface area contributed by atoms with Crippen LogP contribution in [0.15, 0.2) is 6.20 Å². The molecule has 3 unspecified atom stereocenters. The number of rotatable bonds is 5. The number of nitrogens with zero attached hydrogens (tertiary/aromatic N) is 3. The van der Waals surface area contributed by atoms with Crippen molar-refractivity contribution >= 4 is 0 Å². The van der Waals surface area contributed by atoms with Gasteiger partial charge in [-0.25, -0.2) is 0 Å². The van der Waals surface area contributed by atoms with Gasteiger partial charge in [0.05, 0.1) is 5.69 Å². The molecule has 0 aliphatic heterocycles. The molecule has 0 spiro atoms. The fourth-order valence-electron chi connectivity index (χ4n) is 3.22. The van der Waals surface area contributed by atoms with E-state index >= 15 is 0 Å². The van der Waals surface area contributed by atoms with Crippen molar-refractivity contribution in [1.82, 2.24) is 20.3 Å². The summed E-state index contributed by atoms with van der Waals surface area (Å²) in [5.74, 6) is 2.41. The van der Waals surface area contributed by atoms with E-state index in [0.717, 1.165) is 36.4 Å². The summed E-state index contributed by atoms with van der Waals surface area (Å²) in [4.78, 5) is 0. The highest BCUT2D eigenvalue weighted by Gasteiger charge is 2.29. The van der Waals surface area contributed by atoms with Crippen molar-refractivity contribution in [2.75, 3.05) is 6.54 Å². The van der Waals surface area contributed by atoms with E-state index in [1.165, 1.54) is 19.3 Å². The molecule has 1 heterocycles. The van der Waals surface area contributed by atoms with Crippen LogP contribution in [0.5, 0.6) is 0 Å². The van der Waals surface area contributed by atoms with Gasteiger partial charge in [-0.2, -0.15) is 0 Å². The van der Waals surface area contributed by atoms with Crippen molar-refractivity contribution in [3.63, 3.8) is 0 Å². The van der Waals surface area contributed by atoms with Crippen LogP contribution in [0, 0.1) is 17.8 Å². The third kappa shape index (κ3) is 4.30. The fraction of sp³-hybridized carbons (Fsp3) is 0.867. The Hall–Kier alpha value is -0.900. The fourth-order valence-corrected chi connectivity index (χ4v) is 3.22. The van der Waals surface area contributed by atoms with Crippen LogP contribution in [0.2, 0.25) is 0 Å². The standard InChI is InChI=1S/C15H28N4/c1-11(2)16-9-13-6-5-12(3)7-14(13)8-15-10-19(4)18-17-15/h10-14,16H,5-9H2,1-4H3. The molecule has 4 nitrogen and oxygen atoms in total. The SMILES string of the molecule is CC1CCC(CNC(C)C)C(Cc2cn(C)nn2)C1. The number of aryl methyl sites for hydroxylation is 1. The van der Waals surface area contributed by atoms with Gasteiger partial charge in [-0.3, -0.25) is 4.68 Å². The highest BCUT2D eigenvalue weighted by molar-refractivity contribution is 4.96. The molecule has 1 N–H and O–H groups in total. The first-order chi connectivity index (χ1) is 9.04. The molecule has 0 bridgehead atoms. The van der Waals surface area contributed by atoms with Gasteiger partial charge in [0.2, 0.25) is 0 Å². The number of nitrogens with one attached hydrogen (secondary N) is 1. The molecule has 2 rings (SSSR count). The van der Waals surface area contributed by atoms with Crippen molar-refractivity contribution in [3.05, 3.63) is 11.9 Å². The van der Waals surface area contributed by atoms with E-state index in [0.29, 0.717) is 6.04 Å². The number of hydrogen-bond acceptors (Lipinski definition) is 3. The van der Waals surface area contributed by atoms with E-state index in [9.17, 15) is 0 Å². The predicted molar refractivity (Wildman–Crippen MR) is 77.8 cm³/mol. The molecule has 1 saturated carbocycles. The van der Waals surface area contributed by atoms with E-state index in [1.54, 1.807) is 0 Å². The van der Waals surface area contributed by atoms with Crippen LogP contribution in [-0.4, -0.2) is 27.6 Å². The Morgan fingerprint density at radius 1 is 1.37 bits per heavy atom. The lowest BCUT2D eigenvalue weighted by atomic mass is 9.72. The van der Waals surface area contributed by atoms with Crippen molar-refractivity contribution < 1.29 is 0 Å². The Morgan fingerprint density at radius 2 is 2.16 bits per heavy atom. The summed E-state index contributed by atoms with van der Waals surface area (Å²) in [7, 11) is 1.94. The largest absolute Gasteiger partial charge is 0.314 e. The minimum absolute atomic E-state index is 0.580. The van der Waals surface area contributed by atoms with Gasteiger partial charge in [-0.05, 0) is 43.6 Å². The Morgan fingerprint density at radius 3 is 2.79 bits per heavy atom. The molecule has 1 aromatic heterocycles. The molecular weight excluding hydrogens is 236 g/mol. The van der Waals surface area contributed by atoms with Crippen molar-refractivity contribution in [2.45, 2.75) is 52.5 Å². The summed E-state index contributed by atoms with van der Waals surface area (Å²) < 4.78 is 1.81. The van der Waals surface area contributed by atoms with Crippen molar-refractivity contribution in [1.29, 1.82) is 0 Å². The molecule has 0 amide bonds. The van der Waals surface area contributed by atoms with Gasteiger partial charge in [0.1, 0.15) is 0 Å². The van der Waals surface area contributed by atoms with Gasteiger partial charge in [0, 0.05) is 19.3 Å². The monoisotopic (exact) mass is 264 g/mol. The van der Waals surface area contributed by atoms with Gasteiger partial charge < -0.3 is 5.32 Å². The average Bonchev–Trinajstić information content (AvgIpc) is 2.73. The minimum atomic E-state index is 0.580. The molecule has 1 aliphatic carbocycles. The molecule has 0 saturated heterocycles. The maximum absolute atomic E-state index is 4.26. The van der Waals surface area contributed by atoms with E-state index in [4.69, 9.17) is 0 Å². The lowest BCUT2D eigenvalue weighted by molar-refractivity contribution is 0.180. The lowest BCUT2D eigenvalue weighted by Crippen LogP contribution is -2.36. The Bertz CT molecular complexity index is 385. The predicted octanol–water partition coefficient (Wildman–Crippen LogP) is 2.41. The van der Waals surface area contributed by atoms with E-state index in [-0.39, 0.29) is 0 Å². The zero-order chi connectivity index (χ0) is 13.8. The van der Waals surface area contributed by atoms with E-state index < -0.39 is 0 Å². The Kier molecular flexibility index (Phi) is 4.97. The normalized spacial score (nSPS) is 27.9. The molecule has 1 fully saturated rings. The summed E-state index contributed by atoms with van der Waals surface area (Å²) in [5, 5.41) is 11.9. The first-order valence-corrected chi connectivity index (χ1v) is 7.63. The van der Waals surface area contributed by atoms with Crippen molar-refractivity contribution in [3.8, 4) is 0 Å². The number of aromatic nitrogens is 3. The van der Waals surface area contributed by atoms with E-state index in [2.05, 4.69) is 42.6 Å². The number of hydrogen-bond donors (Lipinski definition) is 1. The van der Waals surface area contributed by atoms with Gasteiger partial charge >= 0.3 is 0 Å². The zero-order valence-electron chi connectivity index (χ0n) is 12.8. The quantitative estimate of drug-likeness (QED) is 0.888. The van der Waals surface area contributed by atoms with Gasteiger partial charge in [0.15, 0.2) is 0 Å². The van der Waals surface area contributed by atoms with Crippen molar-refractivity contribution in [2.24, 2.45) is 24.8 Å². The summed E-state index contributed by atoms with van der Waals surface area (Å²) in [6.45, 7) is 7.98. The summed E-state index contributed by atoms with van der Waals surface area (Å²) in [6, 6.07) is 0.580. The second-order valence-electron chi connectivity index (χ2n) is 6.59. The smallest absolute Gasteiger partial charge is 0.0829 e. The molecule has 4 heteroatoms. The maximum Gasteiger partial charge on any atom is 0.0829 e. The van der Waals surface area contributed by atoms with Crippen LogP contribution in [0.25, 0.3) is 0 Å². The van der Waals surface area contributed by atoms with Crippen LogP contribution in [0.4, 0.5) is 0 Å². The third-order valence-electron chi connectivity index (χ3n) is 4.31. The molecular formula is C15H28N4. The molecule has 0 radical (unpaired) electrons. The molecule has 1 aliphatic rings. The van der Waals surface area contributed by atoms with Crippen LogP contribution in [-0.2, 0) is 13.5 Å². The molecule has 1 aromatic rings. The van der Waals surface area contributed by atoms with Crippen LogP contribution >= 0.6 is 0 Å². The van der Waals surface area contributed by atoms with Crippen LogP contribution in [0.3, 0.4) is 0 Å². The highest BCUT2D eigenvalue weighted by Crippen LogP contribution is 2.35. The maximum atomic E-state index is 4.26. The minimum Gasteiger partial charge on any atom is -0.314 e. The second-order valence-corrected chi connectivity index (χ2v) is 6.59. The van der Waals surface area contributed by atoms with E-state index in [1.807, 2.05) is 11.7 Å². The topological polar surface area (TPSA) is 42.7 Å². The summed E-state index contributed by atoms with van der Waals surface area (Å²) in [6.07, 6.45) is 7.21. The lowest BCUT2D eigenvalue weighted by Gasteiger charge is -2.35. The first-order valence-electron chi connectivity index (χ1n) is 7.63.